The van der Waals surface area contributed by atoms with Gasteiger partial charge in [-0.2, -0.15) is 5.10 Å². The summed E-state index contributed by atoms with van der Waals surface area (Å²) in [6.07, 6.45) is 0. The first kappa shape index (κ1) is 11.9. The maximum Gasteiger partial charge on any atom is 0.349 e. The van der Waals surface area contributed by atoms with Crippen LogP contribution >= 0.6 is 0 Å². The second kappa shape index (κ2) is 4.73. The molecule has 5 N–H and O–H groups in total. The number of hydrogen-bond acceptors (Lipinski definition) is 5. The fraction of sp³-hybridized carbons (Fsp3) is 0.333. The second-order valence-corrected chi connectivity index (χ2v) is 3.63. The van der Waals surface area contributed by atoms with E-state index in [1.807, 2.05) is 0 Å². The number of aryl methyl sites for hydroxylation is 1. The number of amides is 2. The van der Waals surface area contributed by atoms with E-state index in [0.29, 0.717) is 30.4 Å². The number of aromatic amines is 1. The molecule has 0 spiro atoms. The van der Waals surface area contributed by atoms with E-state index < -0.39 is 6.03 Å². The van der Waals surface area contributed by atoms with Gasteiger partial charge in [0.2, 0.25) is 0 Å². The number of H-pyrrole nitrogens is 1. The Balaban J connectivity index is 2.10. The highest BCUT2D eigenvalue weighted by atomic mass is 16.2. The normalized spacial score (nSPS) is 10.5. The molecule has 2 amide bonds. The highest BCUT2D eigenvalue weighted by Crippen LogP contribution is 2.06. The first-order valence-corrected chi connectivity index (χ1v) is 5.30. The van der Waals surface area contributed by atoms with Gasteiger partial charge in [-0.25, -0.2) is 24.1 Å². The topological polar surface area (TPSA) is 130 Å². The molecule has 0 atom stereocenters. The fourth-order valence-electron chi connectivity index (χ4n) is 1.56. The van der Waals surface area contributed by atoms with Crippen LogP contribution in [0.3, 0.4) is 0 Å². The van der Waals surface area contributed by atoms with Gasteiger partial charge in [0.15, 0.2) is 5.65 Å². The molecule has 0 aliphatic heterocycles. The van der Waals surface area contributed by atoms with Gasteiger partial charge in [0, 0.05) is 19.2 Å². The lowest BCUT2D eigenvalue weighted by Gasteiger charge is -2.07. The van der Waals surface area contributed by atoms with E-state index in [0.717, 1.165) is 0 Å². The van der Waals surface area contributed by atoms with E-state index in [-0.39, 0.29) is 5.69 Å². The summed E-state index contributed by atoms with van der Waals surface area (Å²) in [4.78, 5) is 26.0. The predicted octanol–water partition coefficient (Wildman–Crippen LogP) is -1.19. The van der Waals surface area contributed by atoms with Crippen molar-refractivity contribution in [3.8, 4) is 0 Å². The number of carbonyl (C=O) groups is 1. The molecule has 0 saturated carbocycles. The molecule has 2 heterocycles. The first-order valence-electron chi connectivity index (χ1n) is 5.30. The monoisotopic (exact) mass is 251 g/mol. The zero-order valence-electron chi connectivity index (χ0n) is 9.73. The van der Waals surface area contributed by atoms with Crippen LogP contribution in [0.1, 0.15) is 5.82 Å². The van der Waals surface area contributed by atoms with E-state index in [4.69, 9.17) is 5.73 Å². The van der Waals surface area contributed by atoms with Crippen LogP contribution in [0.5, 0.6) is 0 Å². The fourth-order valence-corrected chi connectivity index (χ4v) is 1.56. The summed E-state index contributed by atoms with van der Waals surface area (Å²) in [6.45, 7) is 2.56. The molecule has 0 unspecified atom stereocenters. The Bertz CT molecular complexity index is 629. The SMILES string of the molecule is Cc1nc(NCCNC(N)=O)cc2n[nH]c(=O)n12. The van der Waals surface area contributed by atoms with E-state index in [1.54, 1.807) is 13.0 Å². The summed E-state index contributed by atoms with van der Waals surface area (Å²) in [6, 6.07) is 1.06. The lowest BCUT2D eigenvalue weighted by atomic mass is 10.5. The van der Waals surface area contributed by atoms with E-state index in [2.05, 4.69) is 25.8 Å². The second-order valence-electron chi connectivity index (χ2n) is 3.63. The number of rotatable bonds is 4. The maximum absolute atomic E-state index is 11.4. The highest BCUT2D eigenvalue weighted by molar-refractivity contribution is 5.71. The Labute approximate surface area is 101 Å². The summed E-state index contributed by atoms with van der Waals surface area (Å²) in [5, 5.41) is 11.6. The van der Waals surface area contributed by atoms with Crippen LogP contribution in [0.2, 0.25) is 0 Å². The third kappa shape index (κ3) is 2.39. The van der Waals surface area contributed by atoms with Crippen LogP contribution in [0.25, 0.3) is 5.65 Å². The molecule has 2 rings (SSSR count). The van der Waals surface area contributed by atoms with Crippen molar-refractivity contribution in [1.82, 2.24) is 24.9 Å². The van der Waals surface area contributed by atoms with Gasteiger partial charge in [-0.3, -0.25) is 0 Å². The zero-order valence-corrected chi connectivity index (χ0v) is 9.73. The Morgan fingerprint density at radius 1 is 1.56 bits per heavy atom. The largest absolute Gasteiger partial charge is 0.368 e. The zero-order chi connectivity index (χ0) is 13.1. The quantitative estimate of drug-likeness (QED) is 0.507. The third-order valence-electron chi connectivity index (χ3n) is 2.30. The smallest absolute Gasteiger partial charge is 0.349 e. The number of urea groups is 1. The Hall–Kier alpha value is -2.58. The van der Waals surface area contributed by atoms with Crippen LogP contribution in [-0.4, -0.2) is 38.7 Å². The molecule has 0 aromatic carbocycles. The average molecular weight is 251 g/mol. The average Bonchev–Trinajstić information content (AvgIpc) is 2.67. The molecule has 9 heteroatoms. The van der Waals surface area contributed by atoms with Gasteiger partial charge in [-0.05, 0) is 6.92 Å². The van der Waals surface area contributed by atoms with Crippen molar-refractivity contribution in [3.63, 3.8) is 0 Å². The first-order chi connectivity index (χ1) is 8.58. The van der Waals surface area contributed by atoms with E-state index in [1.165, 1.54) is 4.40 Å². The number of carbonyl (C=O) groups excluding carboxylic acids is 1. The van der Waals surface area contributed by atoms with Crippen molar-refractivity contribution in [2.75, 3.05) is 18.4 Å². The molecule has 18 heavy (non-hydrogen) atoms. The van der Waals surface area contributed by atoms with Crippen LogP contribution in [0, 0.1) is 6.92 Å². The third-order valence-corrected chi connectivity index (χ3v) is 2.30. The number of nitrogens with two attached hydrogens (primary N) is 1. The summed E-state index contributed by atoms with van der Waals surface area (Å²) in [5.74, 6) is 1.10. The predicted molar refractivity (Wildman–Crippen MR) is 64.4 cm³/mol. The van der Waals surface area contributed by atoms with Gasteiger partial charge in [0.25, 0.3) is 0 Å². The van der Waals surface area contributed by atoms with Crippen molar-refractivity contribution in [3.05, 3.63) is 22.4 Å². The van der Waals surface area contributed by atoms with Crippen LogP contribution in [-0.2, 0) is 0 Å². The van der Waals surface area contributed by atoms with E-state index >= 15 is 0 Å². The Kier molecular flexibility index (Phi) is 3.13. The highest BCUT2D eigenvalue weighted by Gasteiger charge is 2.06. The molecule has 0 aliphatic carbocycles. The standard InChI is InChI=1S/C9H13N7O2/c1-5-13-6(11-2-3-12-8(10)17)4-7-14-15-9(18)16(5)7/h4,11H,2-3H2,1H3,(H,15,18)(H3,10,12,17). The number of nitrogens with one attached hydrogen (secondary N) is 3. The summed E-state index contributed by atoms with van der Waals surface area (Å²) >= 11 is 0. The van der Waals surface area contributed by atoms with Crippen molar-refractivity contribution >= 4 is 17.5 Å². The number of anilines is 1. The minimum atomic E-state index is -0.574. The van der Waals surface area contributed by atoms with Crippen molar-refractivity contribution in [2.45, 2.75) is 6.92 Å². The minimum Gasteiger partial charge on any atom is -0.368 e. The summed E-state index contributed by atoms with van der Waals surface area (Å²) < 4.78 is 1.37. The Morgan fingerprint density at radius 2 is 2.33 bits per heavy atom. The maximum atomic E-state index is 11.4. The molecule has 2 aromatic rings. The van der Waals surface area contributed by atoms with Gasteiger partial charge in [-0.1, -0.05) is 0 Å². The van der Waals surface area contributed by atoms with Crippen molar-refractivity contribution in [1.29, 1.82) is 0 Å². The molecular formula is C9H13N7O2. The van der Waals surface area contributed by atoms with Gasteiger partial charge in [0.1, 0.15) is 11.6 Å². The number of aromatic nitrogens is 4. The van der Waals surface area contributed by atoms with Crippen molar-refractivity contribution in [2.24, 2.45) is 5.73 Å². The summed E-state index contributed by atoms with van der Waals surface area (Å²) in [7, 11) is 0. The minimum absolute atomic E-state index is 0.322. The van der Waals surface area contributed by atoms with Crippen LogP contribution in [0.4, 0.5) is 10.6 Å². The Morgan fingerprint density at radius 3 is 3.06 bits per heavy atom. The van der Waals surface area contributed by atoms with Crippen LogP contribution < -0.4 is 22.1 Å². The molecular weight excluding hydrogens is 238 g/mol. The van der Waals surface area contributed by atoms with Gasteiger partial charge < -0.3 is 16.4 Å². The molecule has 0 saturated heterocycles. The van der Waals surface area contributed by atoms with Gasteiger partial charge in [0.05, 0.1) is 0 Å². The number of primary amides is 1. The van der Waals surface area contributed by atoms with Gasteiger partial charge in [-0.15, -0.1) is 0 Å². The van der Waals surface area contributed by atoms with Crippen molar-refractivity contribution < 1.29 is 4.79 Å². The number of fused-ring (bicyclic) bond motifs is 1. The molecule has 9 nitrogen and oxygen atoms in total. The molecule has 0 bridgehead atoms. The van der Waals surface area contributed by atoms with E-state index in [9.17, 15) is 9.59 Å². The van der Waals surface area contributed by atoms with Crippen LogP contribution in [0.15, 0.2) is 10.9 Å². The van der Waals surface area contributed by atoms with Gasteiger partial charge >= 0.3 is 11.7 Å². The molecule has 96 valence electrons. The molecule has 0 fully saturated rings. The lowest BCUT2D eigenvalue weighted by molar-refractivity contribution is 0.249. The number of nitrogens with zero attached hydrogens (tertiary/aromatic N) is 3. The molecule has 2 aromatic heterocycles. The lowest BCUT2D eigenvalue weighted by Crippen LogP contribution is -2.33. The molecule has 0 aliphatic rings. The number of hydrogen-bond donors (Lipinski definition) is 4. The summed E-state index contributed by atoms with van der Waals surface area (Å²) in [5.41, 5.74) is 5.09. The molecule has 0 radical (unpaired) electrons.